The first kappa shape index (κ1) is 21.3. The first-order valence-electron chi connectivity index (χ1n) is 17.7. The molecule has 0 fully saturated rings. The molecule has 3 heterocycles. The lowest BCUT2D eigenvalue weighted by atomic mass is 9.99. The average molecular weight is 630 g/mol. The van der Waals surface area contributed by atoms with Crippen LogP contribution < -0.4 is 0 Å². The number of hydrogen-bond donors (Lipinski definition) is 0. The molecule has 3 nitrogen and oxygen atoms in total. The van der Waals surface area contributed by atoms with Gasteiger partial charge in [0.1, 0.15) is 0 Å². The van der Waals surface area contributed by atoms with E-state index in [1.54, 1.807) is 11.3 Å². The van der Waals surface area contributed by atoms with Crippen LogP contribution >= 0.6 is 22.7 Å². The summed E-state index contributed by atoms with van der Waals surface area (Å²) in [7, 11) is 0. The second-order valence-electron chi connectivity index (χ2n) is 10.8. The number of fused-ring (bicyclic) bond motifs is 4. The third-order valence-corrected chi connectivity index (χ3v) is 9.95. The standard InChI is InChI=1S/C41H25N3S2/c1-3-10-26(11-4-1)31-15-9-17-36-38(31)33-23-22-30(24-37(33)46-36)41-43-39(28-12-5-2-6-13-28)42-40(44-41)29-20-18-27(19-21-29)34-25-45-35-16-8-7-14-32(34)35/h1-25H/i9D,15D,17D,22D,23D,24D. The molecule has 46 heavy (non-hydrogen) atoms. The number of aromatic nitrogens is 3. The van der Waals surface area contributed by atoms with Gasteiger partial charge in [-0.3, -0.25) is 0 Å². The quantitative estimate of drug-likeness (QED) is 0.190. The van der Waals surface area contributed by atoms with E-state index in [1.165, 1.54) is 10.1 Å². The van der Waals surface area contributed by atoms with Gasteiger partial charge in [0.2, 0.25) is 0 Å². The molecule has 216 valence electrons. The van der Waals surface area contributed by atoms with E-state index in [9.17, 15) is 4.11 Å². The van der Waals surface area contributed by atoms with Crippen LogP contribution in [0.1, 0.15) is 8.22 Å². The molecule has 0 radical (unpaired) electrons. The predicted molar refractivity (Wildman–Crippen MR) is 195 cm³/mol. The highest BCUT2D eigenvalue weighted by Gasteiger charge is 2.16. The lowest BCUT2D eigenvalue weighted by Crippen LogP contribution is -2.00. The van der Waals surface area contributed by atoms with Gasteiger partial charge < -0.3 is 0 Å². The van der Waals surface area contributed by atoms with Gasteiger partial charge in [0.05, 0.1) is 8.22 Å². The normalized spacial score (nSPS) is 13.3. The minimum absolute atomic E-state index is 0.0514. The van der Waals surface area contributed by atoms with E-state index in [-0.39, 0.29) is 47.6 Å². The Morgan fingerprint density at radius 1 is 0.457 bits per heavy atom. The summed E-state index contributed by atoms with van der Waals surface area (Å²) in [5.74, 6) is 0.828. The van der Waals surface area contributed by atoms with Crippen LogP contribution in [0.25, 0.3) is 86.7 Å². The average Bonchev–Trinajstić information content (AvgIpc) is 3.80. The van der Waals surface area contributed by atoms with Crippen molar-refractivity contribution >= 4 is 52.9 Å². The Morgan fingerprint density at radius 3 is 1.83 bits per heavy atom. The van der Waals surface area contributed by atoms with Gasteiger partial charge in [0, 0.05) is 52.5 Å². The molecule has 0 aliphatic heterocycles. The van der Waals surface area contributed by atoms with Gasteiger partial charge in [-0.05, 0) is 40.2 Å². The van der Waals surface area contributed by atoms with E-state index >= 15 is 0 Å². The molecule has 3 aromatic heterocycles. The van der Waals surface area contributed by atoms with Crippen molar-refractivity contribution in [3.8, 4) is 56.4 Å². The van der Waals surface area contributed by atoms with E-state index < -0.39 is 0 Å². The van der Waals surface area contributed by atoms with Crippen molar-refractivity contribution in [1.29, 1.82) is 0 Å². The summed E-state index contributed by atoms with van der Waals surface area (Å²) in [6.07, 6.45) is 0. The van der Waals surface area contributed by atoms with E-state index in [2.05, 4.69) is 17.5 Å². The lowest BCUT2D eigenvalue weighted by molar-refractivity contribution is 1.07. The van der Waals surface area contributed by atoms with Gasteiger partial charge in [-0.25, -0.2) is 15.0 Å². The van der Waals surface area contributed by atoms with Crippen LogP contribution in [-0.2, 0) is 0 Å². The third kappa shape index (κ3) is 4.69. The molecule has 0 amide bonds. The molecule has 0 saturated carbocycles. The Hall–Kier alpha value is -5.49. The zero-order valence-corrected chi connectivity index (χ0v) is 25.8. The van der Waals surface area contributed by atoms with E-state index in [0.29, 0.717) is 42.9 Å². The molecular formula is C41H25N3S2. The van der Waals surface area contributed by atoms with Crippen molar-refractivity contribution in [3.05, 3.63) is 151 Å². The number of hydrogen-bond acceptors (Lipinski definition) is 5. The van der Waals surface area contributed by atoms with Crippen molar-refractivity contribution in [1.82, 2.24) is 15.0 Å². The molecule has 0 N–H and O–H groups in total. The zero-order chi connectivity index (χ0) is 35.7. The van der Waals surface area contributed by atoms with Gasteiger partial charge in [0.25, 0.3) is 0 Å². The summed E-state index contributed by atoms with van der Waals surface area (Å²) in [6.45, 7) is 0. The predicted octanol–water partition coefficient (Wildman–Crippen LogP) is 11.8. The second kappa shape index (κ2) is 11.1. The summed E-state index contributed by atoms with van der Waals surface area (Å²) in [5.41, 5.74) is 4.83. The summed E-state index contributed by atoms with van der Waals surface area (Å²) < 4.78 is 56.3. The number of rotatable bonds is 5. The molecule has 9 rings (SSSR count). The van der Waals surface area contributed by atoms with Gasteiger partial charge in [-0.15, -0.1) is 22.7 Å². The lowest BCUT2D eigenvalue weighted by Gasteiger charge is -2.09. The van der Waals surface area contributed by atoms with Crippen LogP contribution in [0, 0.1) is 0 Å². The van der Waals surface area contributed by atoms with Crippen LogP contribution in [0.3, 0.4) is 0 Å². The summed E-state index contributed by atoms with van der Waals surface area (Å²) in [6, 6.07) is 34.0. The molecular weight excluding hydrogens is 599 g/mol. The van der Waals surface area contributed by atoms with Crippen molar-refractivity contribution in [2.45, 2.75) is 0 Å². The van der Waals surface area contributed by atoms with Gasteiger partial charge >= 0.3 is 0 Å². The van der Waals surface area contributed by atoms with Crippen molar-refractivity contribution < 1.29 is 8.22 Å². The molecule has 0 atom stereocenters. The fourth-order valence-corrected chi connectivity index (χ4v) is 7.70. The second-order valence-corrected chi connectivity index (χ2v) is 12.7. The summed E-state index contributed by atoms with van der Waals surface area (Å²) >= 11 is 2.83. The molecule has 0 bridgehead atoms. The molecule has 0 aliphatic carbocycles. The summed E-state index contributed by atoms with van der Waals surface area (Å²) in [4.78, 5) is 14.5. The monoisotopic (exact) mass is 629 g/mol. The SMILES string of the molecule is [2H]c1c([2H])c(-c2ccccc2)c2c(sc3c([2H])c(-c4nc(-c5ccccc5)nc(-c5ccc(-c6csc7ccccc67)cc5)n4)c([2H])c([2H])c32)c1[2H]. The van der Waals surface area contributed by atoms with Crippen LogP contribution in [0.2, 0.25) is 0 Å². The first-order valence-corrected chi connectivity index (χ1v) is 16.4. The fourth-order valence-electron chi connectivity index (χ4n) is 5.71. The molecule has 0 saturated heterocycles. The van der Waals surface area contributed by atoms with Crippen LogP contribution in [0.15, 0.2) is 151 Å². The molecule has 0 aliphatic rings. The van der Waals surface area contributed by atoms with Crippen LogP contribution in [0.4, 0.5) is 0 Å². The fraction of sp³-hybridized carbons (Fsp3) is 0. The highest BCUT2D eigenvalue weighted by atomic mass is 32.1. The maximum absolute atomic E-state index is 9.48. The molecule has 0 unspecified atom stereocenters. The van der Waals surface area contributed by atoms with Crippen LogP contribution in [0.5, 0.6) is 0 Å². The number of thiophene rings is 2. The third-order valence-electron chi connectivity index (χ3n) is 7.96. The van der Waals surface area contributed by atoms with Gasteiger partial charge in [-0.2, -0.15) is 0 Å². The maximum atomic E-state index is 9.48. The Balaban J connectivity index is 1.26. The molecule has 9 aromatic rings. The Kier molecular flexibility index (Phi) is 5.16. The van der Waals surface area contributed by atoms with Crippen molar-refractivity contribution in [2.75, 3.05) is 0 Å². The number of benzene rings is 6. The topological polar surface area (TPSA) is 38.7 Å². The van der Waals surface area contributed by atoms with Crippen molar-refractivity contribution in [3.63, 3.8) is 0 Å². The van der Waals surface area contributed by atoms with E-state index in [0.717, 1.165) is 33.6 Å². The van der Waals surface area contributed by atoms with E-state index in [1.807, 2.05) is 97.1 Å². The molecule has 0 spiro atoms. The Labute approximate surface area is 282 Å². The van der Waals surface area contributed by atoms with E-state index in [4.69, 9.17) is 19.1 Å². The first-order chi connectivity index (χ1) is 25.3. The summed E-state index contributed by atoms with van der Waals surface area (Å²) in [5, 5.41) is 4.10. The minimum Gasteiger partial charge on any atom is -0.208 e. The van der Waals surface area contributed by atoms with Crippen LogP contribution in [-0.4, -0.2) is 15.0 Å². The molecule has 5 heteroatoms. The van der Waals surface area contributed by atoms with Gasteiger partial charge in [-0.1, -0.05) is 127 Å². The molecule has 6 aromatic carbocycles. The highest BCUT2D eigenvalue weighted by molar-refractivity contribution is 7.26. The minimum atomic E-state index is -0.236. The maximum Gasteiger partial charge on any atom is 0.164 e. The Morgan fingerprint density at radius 2 is 1.07 bits per heavy atom. The van der Waals surface area contributed by atoms with Gasteiger partial charge in [0.15, 0.2) is 17.5 Å². The van der Waals surface area contributed by atoms with Crippen molar-refractivity contribution in [2.24, 2.45) is 0 Å². The largest absolute Gasteiger partial charge is 0.208 e. The smallest absolute Gasteiger partial charge is 0.164 e. The zero-order valence-electron chi connectivity index (χ0n) is 30.1. The highest BCUT2D eigenvalue weighted by Crippen LogP contribution is 2.41. The number of nitrogens with zero attached hydrogens (tertiary/aromatic N) is 3. The Bertz CT molecular complexity index is 2850.